The highest BCUT2D eigenvalue weighted by Gasteiger charge is 2.27. The molecule has 0 saturated carbocycles. The van der Waals surface area contributed by atoms with Crippen LogP contribution in [0, 0.1) is 12.8 Å². The van der Waals surface area contributed by atoms with Crippen molar-refractivity contribution in [2.45, 2.75) is 66.3 Å². The Morgan fingerprint density at radius 2 is 1.74 bits per heavy atom. The number of amides is 2. The molecule has 0 aliphatic rings. The normalized spacial score (nSPS) is 11.7. The number of nitrogens with two attached hydrogens (primary N) is 1. The Morgan fingerprint density at radius 1 is 1.09 bits per heavy atom. The highest BCUT2D eigenvalue weighted by Crippen LogP contribution is 2.40. The topological polar surface area (TPSA) is 85.5 Å². The maximum atomic E-state index is 13.2. The molecule has 0 fully saturated rings. The van der Waals surface area contributed by atoms with Crippen LogP contribution in [0.3, 0.4) is 0 Å². The fourth-order valence-corrected chi connectivity index (χ4v) is 3.84. The van der Waals surface area contributed by atoms with Gasteiger partial charge in [0, 0.05) is 30.0 Å². The predicted molar refractivity (Wildman–Crippen MR) is 142 cm³/mol. The van der Waals surface area contributed by atoms with Crippen LogP contribution in [0.4, 0.5) is 4.79 Å². The summed E-state index contributed by atoms with van der Waals surface area (Å²) in [6.45, 7) is 12.2. The van der Waals surface area contributed by atoms with Crippen LogP contribution in [0.15, 0.2) is 42.5 Å². The molecule has 0 spiro atoms. The molecule has 0 unspecified atom stereocenters. The van der Waals surface area contributed by atoms with Crippen LogP contribution < -0.4 is 10.5 Å². The van der Waals surface area contributed by atoms with Gasteiger partial charge in [0.05, 0.1) is 11.2 Å². The lowest BCUT2D eigenvalue weighted by Gasteiger charge is -2.31. The third kappa shape index (κ3) is 6.38. The molecule has 1 aromatic heterocycles. The Kier molecular flexibility index (Phi) is 7.83. The van der Waals surface area contributed by atoms with E-state index in [1.54, 1.807) is 11.9 Å². The summed E-state index contributed by atoms with van der Waals surface area (Å²) < 4.78 is 6.15. The van der Waals surface area contributed by atoms with Gasteiger partial charge in [-0.3, -0.25) is 4.79 Å². The molecule has 0 radical (unpaired) electrons. The van der Waals surface area contributed by atoms with E-state index in [9.17, 15) is 9.59 Å². The second-order valence-corrected chi connectivity index (χ2v) is 10.6. The summed E-state index contributed by atoms with van der Waals surface area (Å²) in [4.78, 5) is 31.1. The summed E-state index contributed by atoms with van der Waals surface area (Å²) in [7, 11) is 1.74. The zero-order chi connectivity index (χ0) is 25.9. The maximum Gasteiger partial charge on any atom is 0.415 e. The van der Waals surface area contributed by atoms with Gasteiger partial charge in [0.25, 0.3) is 0 Å². The van der Waals surface area contributed by atoms with Gasteiger partial charge in [-0.1, -0.05) is 49.7 Å². The number of pyridine rings is 1. The maximum absolute atomic E-state index is 13.2. The zero-order valence-corrected chi connectivity index (χ0v) is 21.9. The molecule has 0 atom stereocenters. The van der Waals surface area contributed by atoms with Gasteiger partial charge in [0.2, 0.25) is 5.91 Å². The molecule has 3 rings (SSSR count). The minimum Gasteiger partial charge on any atom is -0.408 e. The lowest BCUT2D eigenvalue weighted by atomic mass is 9.94. The number of ether oxygens (including phenoxy) is 1. The van der Waals surface area contributed by atoms with E-state index in [0.717, 1.165) is 38.9 Å². The van der Waals surface area contributed by atoms with E-state index < -0.39 is 11.6 Å². The highest BCUT2D eigenvalue weighted by molar-refractivity contribution is 5.99. The summed E-state index contributed by atoms with van der Waals surface area (Å²) in [5.74, 6) is 0.468. The Labute approximate surface area is 208 Å². The summed E-state index contributed by atoms with van der Waals surface area (Å²) in [6.07, 6.45) is 1.04. The molecular formula is C29H37N3O3. The van der Waals surface area contributed by atoms with E-state index in [1.807, 2.05) is 70.2 Å². The van der Waals surface area contributed by atoms with Crippen molar-refractivity contribution in [3.63, 3.8) is 0 Å². The lowest BCUT2D eigenvalue weighted by Crippen LogP contribution is -2.44. The third-order valence-electron chi connectivity index (χ3n) is 6.15. The summed E-state index contributed by atoms with van der Waals surface area (Å²) in [6, 6.07) is 14.2. The van der Waals surface area contributed by atoms with Crippen LogP contribution in [0.25, 0.3) is 22.0 Å². The number of aromatic nitrogens is 1. The summed E-state index contributed by atoms with van der Waals surface area (Å²) in [5, 5.41) is 0.879. The van der Waals surface area contributed by atoms with Crippen molar-refractivity contribution in [1.29, 1.82) is 0 Å². The number of hydrogen-bond acceptors (Lipinski definition) is 4. The van der Waals surface area contributed by atoms with Crippen LogP contribution in [-0.4, -0.2) is 34.5 Å². The Bertz CT molecular complexity index is 1220. The van der Waals surface area contributed by atoms with Crippen LogP contribution >= 0.6 is 0 Å². The summed E-state index contributed by atoms with van der Waals surface area (Å²) in [5.41, 5.74) is 10.5. The van der Waals surface area contributed by atoms with Crippen LogP contribution in [0.1, 0.15) is 57.9 Å². The first-order chi connectivity index (χ1) is 16.4. The molecule has 2 aromatic carbocycles. The average molecular weight is 476 g/mol. The smallest absolute Gasteiger partial charge is 0.408 e. The van der Waals surface area contributed by atoms with Crippen LogP contribution in [0.5, 0.6) is 5.75 Å². The number of aryl methyl sites for hydroxylation is 2. The van der Waals surface area contributed by atoms with E-state index in [2.05, 4.69) is 13.8 Å². The van der Waals surface area contributed by atoms with Crippen molar-refractivity contribution < 1.29 is 14.3 Å². The minimum absolute atomic E-state index is 0.266. The van der Waals surface area contributed by atoms with E-state index in [1.165, 1.54) is 0 Å². The standard InChI is InChI=1S/C29H37N3O3/c1-18(2)16-24-27(35-28(34)32(7)29(4,5)6)26(21-12-8-19(3)9-13-21)22-17-20(11-15-25(30)33)10-14-23(22)31-24/h8-10,12-14,17-18H,11,15-16H2,1-7H3,(H2,30,33). The second kappa shape index (κ2) is 10.5. The molecule has 6 nitrogen and oxygen atoms in total. The van der Waals surface area contributed by atoms with Gasteiger partial charge in [-0.15, -0.1) is 0 Å². The van der Waals surface area contributed by atoms with Crippen LogP contribution in [-0.2, 0) is 17.6 Å². The number of rotatable bonds is 7. The third-order valence-corrected chi connectivity index (χ3v) is 6.15. The number of fused-ring (bicyclic) bond motifs is 1. The molecule has 6 heteroatoms. The lowest BCUT2D eigenvalue weighted by molar-refractivity contribution is -0.117. The zero-order valence-electron chi connectivity index (χ0n) is 21.9. The molecule has 0 saturated heterocycles. The van der Waals surface area contributed by atoms with Gasteiger partial charge in [0.15, 0.2) is 5.75 Å². The van der Waals surface area contributed by atoms with Gasteiger partial charge < -0.3 is 15.4 Å². The summed E-state index contributed by atoms with van der Waals surface area (Å²) >= 11 is 0. The van der Waals surface area contributed by atoms with Crippen molar-refractivity contribution in [2.24, 2.45) is 11.7 Å². The monoisotopic (exact) mass is 475 g/mol. The second-order valence-electron chi connectivity index (χ2n) is 10.6. The van der Waals surface area contributed by atoms with Crippen molar-refractivity contribution in [3.8, 4) is 16.9 Å². The molecule has 3 aromatic rings. The Hall–Kier alpha value is -3.41. The van der Waals surface area contributed by atoms with Gasteiger partial charge in [-0.05, 0) is 69.7 Å². The van der Waals surface area contributed by atoms with Crippen molar-refractivity contribution >= 4 is 22.9 Å². The van der Waals surface area contributed by atoms with Crippen molar-refractivity contribution in [2.75, 3.05) is 7.05 Å². The van der Waals surface area contributed by atoms with Gasteiger partial charge in [-0.25, -0.2) is 9.78 Å². The van der Waals surface area contributed by atoms with Gasteiger partial charge in [0.1, 0.15) is 0 Å². The molecule has 1 heterocycles. The molecule has 186 valence electrons. The number of benzene rings is 2. The van der Waals surface area contributed by atoms with Crippen LogP contribution in [0.2, 0.25) is 0 Å². The first-order valence-electron chi connectivity index (χ1n) is 12.1. The molecule has 0 aliphatic heterocycles. The molecule has 2 N–H and O–H groups in total. The molecule has 0 bridgehead atoms. The fourth-order valence-electron chi connectivity index (χ4n) is 3.84. The molecular weight excluding hydrogens is 438 g/mol. The van der Waals surface area contributed by atoms with E-state index in [-0.39, 0.29) is 12.3 Å². The molecule has 0 aliphatic carbocycles. The number of carbonyl (C=O) groups is 2. The quantitative estimate of drug-likeness (QED) is 0.450. The van der Waals surface area contributed by atoms with E-state index in [4.69, 9.17) is 15.5 Å². The molecule has 2 amide bonds. The SMILES string of the molecule is Cc1ccc(-c2c(OC(=O)N(C)C(C)(C)C)c(CC(C)C)nc3ccc(CCC(N)=O)cc23)cc1. The Morgan fingerprint density at radius 3 is 2.31 bits per heavy atom. The largest absolute Gasteiger partial charge is 0.415 e. The Balaban J connectivity index is 2.29. The average Bonchev–Trinajstić information content (AvgIpc) is 2.77. The number of hydrogen-bond donors (Lipinski definition) is 1. The number of primary amides is 1. The predicted octanol–water partition coefficient (Wildman–Crippen LogP) is 6.06. The van der Waals surface area contributed by atoms with Gasteiger partial charge >= 0.3 is 6.09 Å². The molecule has 35 heavy (non-hydrogen) atoms. The van der Waals surface area contributed by atoms with E-state index >= 15 is 0 Å². The first kappa shape index (κ1) is 26.2. The fraction of sp³-hybridized carbons (Fsp3) is 0.414. The first-order valence-corrected chi connectivity index (χ1v) is 12.1. The van der Waals surface area contributed by atoms with E-state index in [0.29, 0.717) is 24.5 Å². The number of nitrogens with zero attached hydrogens (tertiary/aromatic N) is 2. The van der Waals surface area contributed by atoms with Crippen molar-refractivity contribution in [1.82, 2.24) is 9.88 Å². The highest BCUT2D eigenvalue weighted by atomic mass is 16.6. The minimum atomic E-state index is -0.429. The van der Waals surface area contributed by atoms with Crippen molar-refractivity contribution in [3.05, 3.63) is 59.3 Å². The van der Waals surface area contributed by atoms with Gasteiger partial charge in [-0.2, -0.15) is 0 Å². The number of carbonyl (C=O) groups excluding carboxylic acids is 2.